The number of carbonyl (C=O) groups excluding carboxylic acids is 1. The van der Waals surface area contributed by atoms with E-state index in [4.69, 9.17) is 10.5 Å². The van der Waals surface area contributed by atoms with E-state index in [0.717, 1.165) is 16.8 Å². The number of esters is 1. The van der Waals surface area contributed by atoms with Gasteiger partial charge in [0, 0.05) is 30.7 Å². The van der Waals surface area contributed by atoms with Gasteiger partial charge in [-0.05, 0) is 24.6 Å². The molecule has 0 bridgehead atoms. The Morgan fingerprint density at radius 3 is 2.50 bits per heavy atom. The molecule has 1 aromatic carbocycles. The lowest BCUT2D eigenvalue weighted by Gasteiger charge is -2.13. The second-order valence-electron chi connectivity index (χ2n) is 4.55. The topological polar surface area (TPSA) is 55.6 Å². The smallest absolute Gasteiger partial charge is 0.339 e. The van der Waals surface area contributed by atoms with Crippen LogP contribution in [-0.4, -0.2) is 26.7 Å². The van der Waals surface area contributed by atoms with Crippen LogP contribution in [0.4, 0.5) is 10.7 Å². The van der Waals surface area contributed by atoms with Crippen molar-refractivity contribution in [3.05, 3.63) is 35.2 Å². The fraction of sp³-hybridized carbons (Fsp3) is 0.267. The minimum atomic E-state index is -0.327. The Balaban J connectivity index is 2.41. The Kier molecular flexibility index (Phi) is 4.29. The second-order valence-corrected chi connectivity index (χ2v) is 5.46. The molecule has 2 rings (SSSR count). The van der Waals surface area contributed by atoms with E-state index in [-0.39, 0.29) is 5.97 Å². The number of nitrogen functional groups attached to an aromatic ring is 1. The largest absolute Gasteiger partial charge is 0.462 e. The minimum Gasteiger partial charge on any atom is -0.462 e. The number of carbonyl (C=O) groups is 1. The van der Waals surface area contributed by atoms with Crippen LogP contribution in [-0.2, 0) is 4.74 Å². The molecule has 4 nitrogen and oxygen atoms in total. The molecule has 106 valence electrons. The van der Waals surface area contributed by atoms with Gasteiger partial charge < -0.3 is 15.4 Å². The quantitative estimate of drug-likeness (QED) is 0.878. The van der Waals surface area contributed by atoms with E-state index < -0.39 is 0 Å². The first-order chi connectivity index (χ1) is 9.54. The van der Waals surface area contributed by atoms with Gasteiger partial charge in [0.25, 0.3) is 0 Å². The normalized spacial score (nSPS) is 10.3. The highest BCUT2D eigenvalue weighted by molar-refractivity contribution is 7.15. The molecule has 0 aliphatic rings. The van der Waals surface area contributed by atoms with Crippen molar-refractivity contribution in [2.45, 2.75) is 6.92 Å². The molecule has 0 fully saturated rings. The monoisotopic (exact) mass is 290 g/mol. The van der Waals surface area contributed by atoms with Gasteiger partial charge in [0.1, 0.15) is 0 Å². The first-order valence-corrected chi connectivity index (χ1v) is 7.24. The Morgan fingerprint density at radius 1 is 1.30 bits per heavy atom. The zero-order valence-electron chi connectivity index (χ0n) is 11.8. The molecule has 0 saturated heterocycles. The van der Waals surface area contributed by atoms with Crippen LogP contribution in [0.15, 0.2) is 29.6 Å². The number of thiophene rings is 1. The van der Waals surface area contributed by atoms with Crippen molar-refractivity contribution in [2.24, 2.45) is 0 Å². The average molecular weight is 290 g/mol. The summed E-state index contributed by atoms with van der Waals surface area (Å²) in [4.78, 5) is 14.0. The molecule has 5 heteroatoms. The summed E-state index contributed by atoms with van der Waals surface area (Å²) in [6.45, 7) is 2.15. The van der Waals surface area contributed by atoms with E-state index in [1.807, 2.05) is 43.3 Å². The zero-order chi connectivity index (χ0) is 14.7. The van der Waals surface area contributed by atoms with Crippen LogP contribution in [0, 0.1) is 0 Å². The fourth-order valence-corrected chi connectivity index (χ4v) is 2.76. The maximum Gasteiger partial charge on any atom is 0.339 e. The van der Waals surface area contributed by atoms with Crippen LogP contribution in [0.5, 0.6) is 0 Å². The molecule has 0 unspecified atom stereocenters. The first kappa shape index (κ1) is 14.4. The van der Waals surface area contributed by atoms with Crippen molar-refractivity contribution in [1.82, 2.24) is 0 Å². The van der Waals surface area contributed by atoms with E-state index in [1.165, 1.54) is 11.3 Å². The number of nitrogens with zero attached hydrogens (tertiary/aromatic N) is 1. The summed E-state index contributed by atoms with van der Waals surface area (Å²) in [5, 5.41) is 2.38. The number of hydrogen-bond acceptors (Lipinski definition) is 5. The van der Waals surface area contributed by atoms with Crippen LogP contribution < -0.4 is 10.6 Å². The van der Waals surface area contributed by atoms with Crippen LogP contribution in [0.3, 0.4) is 0 Å². The van der Waals surface area contributed by atoms with Crippen molar-refractivity contribution in [2.75, 3.05) is 31.3 Å². The molecule has 1 aromatic heterocycles. The number of hydrogen-bond donors (Lipinski definition) is 1. The predicted octanol–water partition coefficient (Wildman–Crippen LogP) is 3.24. The van der Waals surface area contributed by atoms with Crippen LogP contribution >= 0.6 is 11.3 Å². The Bertz CT molecular complexity index is 603. The molecule has 0 radical (unpaired) electrons. The Morgan fingerprint density at radius 2 is 1.95 bits per heavy atom. The predicted molar refractivity (Wildman–Crippen MR) is 84.5 cm³/mol. The highest BCUT2D eigenvalue weighted by atomic mass is 32.1. The highest BCUT2D eigenvalue weighted by Crippen LogP contribution is 2.36. The minimum absolute atomic E-state index is 0.327. The molecule has 0 atom stereocenters. The van der Waals surface area contributed by atoms with E-state index >= 15 is 0 Å². The summed E-state index contributed by atoms with van der Waals surface area (Å²) in [6.07, 6.45) is 0. The van der Waals surface area contributed by atoms with Crippen LogP contribution in [0.1, 0.15) is 17.3 Å². The highest BCUT2D eigenvalue weighted by Gasteiger charge is 2.18. The third-order valence-corrected chi connectivity index (χ3v) is 3.80. The summed E-state index contributed by atoms with van der Waals surface area (Å²) in [5.74, 6) is -0.327. The van der Waals surface area contributed by atoms with Crippen molar-refractivity contribution >= 4 is 28.0 Å². The molecule has 0 aliphatic carbocycles. The summed E-state index contributed by atoms with van der Waals surface area (Å²) in [6, 6.07) is 7.94. The van der Waals surface area contributed by atoms with Crippen molar-refractivity contribution < 1.29 is 9.53 Å². The molecule has 1 heterocycles. The first-order valence-electron chi connectivity index (χ1n) is 6.36. The van der Waals surface area contributed by atoms with Gasteiger partial charge in [0.05, 0.1) is 17.2 Å². The third kappa shape index (κ3) is 2.77. The number of benzene rings is 1. The van der Waals surface area contributed by atoms with Gasteiger partial charge in [-0.1, -0.05) is 12.1 Å². The number of rotatable bonds is 4. The molecule has 0 amide bonds. The van der Waals surface area contributed by atoms with Crippen molar-refractivity contribution in [3.63, 3.8) is 0 Å². The summed E-state index contributed by atoms with van der Waals surface area (Å²) in [5.41, 5.74) is 9.33. The molecule has 0 spiro atoms. The Hall–Kier alpha value is -2.01. The van der Waals surface area contributed by atoms with Gasteiger partial charge >= 0.3 is 5.97 Å². The van der Waals surface area contributed by atoms with E-state index in [0.29, 0.717) is 17.2 Å². The third-order valence-electron chi connectivity index (χ3n) is 2.99. The second kappa shape index (κ2) is 5.96. The SMILES string of the molecule is CCOC(=O)c1csc(N)c1-c1ccc(N(C)C)cc1. The van der Waals surface area contributed by atoms with E-state index in [2.05, 4.69) is 0 Å². The number of nitrogens with two attached hydrogens (primary N) is 1. The molecule has 2 aromatic rings. The van der Waals surface area contributed by atoms with Gasteiger partial charge in [-0.25, -0.2) is 4.79 Å². The number of ether oxygens (including phenoxy) is 1. The summed E-state index contributed by atoms with van der Waals surface area (Å²) < 4.78 is 5.07. The van der Waals surface area contributed by atoms with Gasteiger partial charge in [-0.2, -0.15) is 0 Å². The van der Waals surface area contributed by atoms with E-state index in [9.17, 15) is 4.79 Å². The standard InChI is InChI=1S/C15H18N2O2S/c1-4-19-15(18)12-9-20-14(16)13(12)10-5-7-11(8-6-10)17(2)3/h5-9H,4,16H2,1-3H3. The lowest BCUT2D eigenvalue weighted by Crippen LogP contribution is -2.08. The maximum absolute atomic E-state index is 11.9. The lowest BCUT2D eigenvalue weighted by molar-refractivity contribution is 0.0528. The van der Waals surface area contributed by atoms with Crippen molar-refractivity contribution in [1.29, 1.82) is 0 Å². The fourth-order valence-electron chi connectivity index (χ4n) is 1.96. The van der Waals surface area contributed by atoms with Gasteiger partial charge in [0.2, 0.25) is 0 Å². The van der Waals surface area contributed by atoms with Gasteiger partial charge in [-0.15, -0.1) is 11.3 Å². The summed E-state index contributed by atoms with van der Waals surface area (Å²) >= 11 is 1.36. The lowest BCUT2D eigenvalue weighted by atomic mass is 10.0. The van der Waals surface area contributed by atoms with Crippen LogP contribution in [0.25, 0.3) is 11.1 Å². The summed E-state index contributed by atoms with van der Waals surface area (Å²) in [7, 11) is 3.97. The Labute approximate surface area is 122 Å². The van der Waals surface area contributed by atoms with Crippen molar-refractivity contribution in [3.8, 4) is 11.1 Å². The van der Waals surface area contributed by atoms with Gasteiger partial charge in [0.15, 0.2) is 0 Å². The van der Waals surface area contributed by atoms with Crippen LogP contribution in [0.2, 0.25) is 0 Å². The van der Waals surface area contributed by atoms with E-state index in [1.54, 1.807) is 12.3 Å². The van der Waals surface area contributed by atoms with Gasteiger partial charge in [-0.3, -0.25) is 0 Å². The number of anilines is 2. The molecule has 2 N–H and O–H groups in total. The molecule has 0 aliphatic heterocycles. The zero-order valence-corrected chi connectivity index (χ0v) is 12.7. The maximum atomic E-state index is 11.9. The molecule has 0 saturated carbocycles. The molecule has 20 heavy (non-hydrogen) atoms. The molecular formula is C15H18N2O2S. The average Bonchev–Trinajstić information content (AvgIpc) is 2.81. The molecular weight excluding hydrogens is 272 g/mol.